The van der Waals surface area contributed by atoms with Crippen molar-refractivity contribution in [3.8, 4) is 0 Å². The van der Waals surface area contributed by atoms with Crippen molar-refractivity contribution >= 4 is 15.5 Å². The van der Waals surface area contributed by atoms with Gasteiger partial charge in [-0.3, -0.25) is 0 Å². The molecule has 0 amide bonds. The molecular weight excluding hydrogens is 284 g/mol. The van der Waals surface area contributed by atoms with Crippen molar-refractivity contribution in [2.24, 2.45) is 0 Å². The third-order valence-electron chi connectivity index (χ3n) is 3.51. The van der Waals surface area contributed by atoms with Crippen LogP contribution in [-0.2, 0) is 9.84 Å². The van der Waals surface area contributed by atoms with Gasteiger partial charge in [-0.15, -0.1) is 0 Å². The molecule has 2 rings (SSSR count). The molecular formula is C16H20N2O2S. The van der Waals surface area contributed by atoms with Crippen molar-refractivity contribution in [3.05, 3.63) is 59.7 Å². The largest absolute Gasteiger partial charge is 0.399 e. The summed E-state index contributed by atoms with van der Waals surface area (Å²) in [5.74, 6) is 0.111. The fraction of sp³-hybridized carbons (Fsp3) is 0.250. The van der Waals surface area contributed by atoms with E-state index in [-0.39, 0.29) is 11.8 Å². The Morgan fingerprint density at radius 1 is 1.00 bits per heavy atom. The SMILES string of the molecule is CCS(=O)(=O)c1ccc(C(NC)c2ccc(N)cc2)cc1. The van der Waals surface area contributed by atoms with E-state index in [0.29, 0.717) is 4.90 Å². The van der Waals surface area contributed by atoms with Crippen LogP contribution in [0.4, 0.5) is 5.69 Å². The first-order chi connectivity index (χ1) is 9.97. The number of rotatable bonds is 5. The molecule has 0 aliphatic heterocycles. The molecule has 1 unspecified atom stereocenters. The average Bonchev–Trinajstić information content (AvgIpc) is 2.50. The van der Waals surface area contributed by atoms with Gasteiger partial charge in [-0.05, 0) is 42.4 Å². The molecule has 3 N–H and O–H groups in total. The topological polar surface area (TPSA) is 72.2 Å². The van der Waals surface area contributed by atoms with Crippen molar-refractivity contribution in [1.29, 1.82) is 0 Å². The number of benzene rings is 2. The maximum atomic E-state index is 11.8. The van der Waals surface area contributed by atoms with Crippen LogP contribution in [0.2, 0.25) is 0 Å². The Morgan fingerprint density at radius 2 is 1.48 bits per heavy atom. The van der Waals surface area contributed by atoms with Gasteiger partial charge in [0.15, 0.2) is 9.84 Å². The molecule has 21 heavy (non-hydrogen) atoms. The Hall–Kier alpha value is -1.85. The number of hydrogen-bond donors (Lipinski definition) is 2. The average molecular weight is 304 g/mol. The van der Waals surface area contributed by atoms with Crippen molar-refractivity contribution in [3.63, 3.8) is 0 Å². The molecule has 0 saturated carbocycles. The van der Waals surface area contributed by atoms with E-state index in [2.05, 4.69) is 5.32 Å². The standard InChI is InChI=1S/C16H20N2O2S/c1-3-21(19,20)15-10-6-13(7-11-15)16(18-2)12-4-8-14(17)9-5-12/h4-11,16,18H,3,17H2,1-2H3. The highest BCUT2D eigenvalue weighted by molar-refractivity contribution is 7.91. The van der Waals surface area contributed by atoms with Crippen LogP contribution in [0.15, 0.2) is 53.4 Å². The highest BCUT2D eigenvalue weighted by atomic mass is 32.2. The van der Waals surface area contributed by atoms with Crippen LogP contribution in [-0.4, -0.2) is 21.2 Å². The summed E-state index contributed by atoms with van der Waals surface area (Å²) in [6.07, 6.45) is 0. The van der Waals surface area contributed by atoms with Gasteiger partial charge in [0.2, 0.25) is 0 Å². The zero-order valence-corrected chi connectivity index (χ0v) is 13.0. The summed E-state index contributed by atoms with van der Waals surface area (Å²) < 4.78 is 23.7. The van der Waals surface area contributed by atoms with E-state index in [4.69, 9.17) is 5.73 Å². The lowest BCUT2D eigenvalue weighted by molar-refractivity contribution is 0.597. The van der Waals surface area contributed by atoms with Gasteiger partial charge in [0.1, 0.15) is 0 Å². The fourth-order valence-corrected chi connectivity index (χ4v) is 3.13. The highest BCUT2D eigenvalue weighted by Gasteiger charge is 2.15. The van der Waals surface area contributed by atoms with E-state index < -0.39 is 9.84 Å². The second-order valence-corrected chi connectivity index (χ2v) is 7.14. The van der Waals surface area contributed by atoms with Gasteiger partial charge in [-0.2, -0.15) is 0 Å². The van der Waals surface area contributed by atoms with Gasteiger partial charge in [0, 0.05) is 5.69 Å². The third kappa shape index (κ3) is 3.43. The first-order valence-electron chi connectivity index (χ1n) is 6.83. The zero-order chi connectivity index (χ0) is 15.5. The van der Waals surface area contributed by atoms with Gasteiger partial charge in [-0.25, -0.2) is 8.42 Å². The summed E-state index contributed by atoms with van der Waals surface area (Å²) in [5, 5.41) is 3.24. The molecule has 5 heteroatoms. The lowest BCUT2D eigenvalue weighted by atomic mass is 9.99. The monoisotopic (exact) mass is 304 g/mol. The molecule has 0 radical (unpaired) electrons. The number of nitrogens with two attached hydrogens (primary N) is 1. The predicted octanol–water partition coefficient (Wildman–Crippen LogP) is 2.37. The Morgan fingerprint density at radius 3 is 1.90 bits per heavy atom. The first-order valence-corrected chi connectivity index (χ1v) is 8.48. The minimum Gasteiger partial charge on any atom is -0.399 e. The number of nitrogen functional groups attached to an aromatic ring is 1. The Labute approximate surface area is 125 Å². The molecule has 0 aliphatic carbocycles. The quantitative estimate of drug-likeness (QED) is 0.832. The molecule has 2 aromatic carbocycles. The molecule has 0 aliphatic rings. The first kappa shape index (κ1) is 15.5. The Bertz CT molecular complexity index is 692. The maximum Gasteiger partial charge on any atom is 0.178 e. The lowest BCUT2D eigenvalue weighted by Gasteiger charge is -2.18. The maximum absolute atomic E-state index is 11.8. The molecule has 0 aromatic heterocycles. The summed E-state index contributed by atoms with van der Waals surface area (Å²) in [4.78, 5) is 0.362. The third-order valence-corrected chi connectivity index (χ3v) is 5.26. The molecule has 0 heterocycles. The molecule has 0 bridgehead atoms. The van der Waals surface area contributed by atoms with Crippen molar-refractivity contribution in [2.75, 3.05) is 18.5 Å². The Balaban J connectivity index is 2.33. The van der Waals surface area contributed by atoms with E-state index in [9.17, 15) is 8.42 Å². The van der Waals surface area contributed by atoms with Crippen LogP contribution >= 0.6 is 0 Å². The summed E-state index contributed by atoms with van der Waals surface area (Å²) in [6.45, 7) is 1.65. The number of hydrogen-bond acceptors (Lipinski definition) is 4. The van der Waals surface area contributed by atoms with Crippen LogP contribution in [0.1, 0.15) is 24.1 Å². The normalized spacial score (nSPS) is 13.0. The van der Waals surface area contributed by atoms with Crippen LogP contribution in [0, 0.1) is 0 Å². The van der Waals surface area contributed by atoms with E-state index in [1.807, 2.05) is 43.4 Å². The number of sulfone groups is 1. The van der Waals surface area contributed by atoms with Crippen LogP contribution < -0.4 is 11.1 Å². The number of anilines is 1. The lowest BCUT2D eigenvalue weighted by Crippen LogP contribution is -2.17. The van der Waals surface area contributed by atoms with E-state index >= 15 is 0 Å². The van der Waals surface area contributed by atoms with Gasteiger partial charge < -0.3 is 11.1 Å². The minimum absolute atomic E-state index is 0.00369. The van der Waals surface area contributed by atoms with Crippen molar-refractivity contribution in [2.45, 2.75) is 17.9 Å². The highest BCUT2D eigenvalue weighted by Crippen LogP contribution is 2.24. The summed E-state index contributed by atoms with van der Waals surface area (Å²) in [6, 6.07) is 14.7. The minimum atomic E-state index is -3.15. The summed E-state index contributed by atoms with van der Waals surface area (Å²) in [5.41, 5.74) is 8.52. The van der Waals surface area contributed by atoms with Gasteiger partial charge in [-0.1, -0.05) is 31.2 Å². The van der Waals surface area contributed by atoms with Gasteiger partial charge in [0.05, 0.1) is 16.7 Å². The predicted molar refractivity (Wildman–Crippen MR) is 85.9 cm³/mol. The van der Waals surface area contributed by atoms with E-state index in [0.717, 1.165) is 16.8 Å². The second kappa shape index (κ2) is 6.28. The molecule has 112 valence electrons. The van der Waals surface area contributed by atoms with Crippen LogP contribution in [0.5, 0.6) is 0 Å². The van der Waals surface area contributed by atoms with Crippen molar-refractivity contribution < 1.29 is 8.42 Å². The molecule has 1 atom stereocenters. The molecule has 0 saturated heterocycles. The number of nitrogens with one attached hydrogen (secondary N) is 1. The Kier molecular flexibility index (Phi) is 4.65. The van der Waals surface area contributed by atoms with E-state index in [1.165, 1.54) is 0 Å². The van der Waals surface area contributed by atoms with Gasteiger partial charge >= 0.3 is 0 Å². The summed E-state index contributed by atoms with van der Waals surface area (Å²) in [7, 11) is -1.28. The second-order valence-electron chi connectivity index (χ2n) is 4.86. The zero-order valence-electron chi connectivity index (χ0n) is 12.2. The van der Waals surface area contributed by atoms with Crippen molar-refractivity contribution in [1.82, 2.24) is 5.32 Å². The smallest absolute Gasteiger partial charge is 0.178 e. The molecule has 0 fully saturated rings. The molecule has 4 nitrogen and oxygen atoms in total. The molecule has 2 aromatic rings. The van der Waals surface area contributed by atoms with Crippen LogP contribution in [0.25, 0.3) is 0 Å². The van der Waals surface area contributed by atoms with Gasteiger partial charge in [0.25, 0.3) is 0 Å². The van der Waals surface area contributed by atoms with Crippen LogP contribution in [0.3, 0.4) is 0 Å². The fourth-order valence-electron chi connectivity index (χ4n) is 2.25. The molecule has 0 spiro atoms. The van der Waals surface area contributed by atoms with E-state index in [1.54, 1.807) is 19.1 Å². The summed E-state index contributed by atoms with van der Waals surface area (Å²) >= 11 is 0.